The summed E-state index contributed by atoms with van der Waals surface area (Å²) in [5.74, 6) is -4.58. The van der Waals surface area contributed by atoms with Gasteiger partial charge in [0.05, 0.1) is 55.8 Å². The van der Waals surface area contributed by atoms with Crippen molar-refractivity contribution in [2.24, 2.45) is 35.0 Å². The van der Waals surface area contributed by atoms with Crippen LogP contribution in [0.15, 0.2) is 54.6 Å². The van der Waals surface area contributed by atoms with Crippen LogP contribution in [0.4, 0.5) is 10.5 Å². The molecule has 0 radical (unpaired) electrons. The molecular formula is C54H83N9O12. The summed E-state index contributed by atoms with van der Waals surface area (Å²) in [5.41, 5.74) is 17.4. The molecule has 2 aliphatic rings. The predicted octanol–water partition coefficient (Wildman–Crippen LogP) is 3.00. The fraction of sp³-hybridized carbons (Fsp3) is 0.630. The van der Waals surface area contributed by atoms with E-state index in [1.807, 2.05) is 58.0 Å². The summed E-state index contributed by atoms with van der Waals surface area (Å²) in [6.07, 6.45) is 1.00. The second-order valence-corrected chi connectivity index (χ2v) is 20.5. The zero-order valence-electron chi connectivity index (χ0n) is 45.5. The van der Waals surface area contributed by atoms with E-state index < -0.39 is 102 Å². The van der Waals surface area contributed by atoms with Crippen LogP contribution in [0, 0.1) is 17.8 Å². The highest BCUT2D eigenvalue weighted by molar-refractivity contribution is 5.95. The lowest BCUT2D eigenvalue weighted by Crippen LogP contribution is -2.62. The minimum absolute atomic E-state index is 0.0852. The molecule has 9 unspecified atom stereocenters. The van der Waals surface area contributed by atoms with Gasteiger partial charge in [-0.2, -0.15) is 0 Å². The van der Waals surface area contributed by atoms with E-state index in [-0.39, 0.29) is 56.6 Å². The number of nitrogens with two attached hydrogens (primary N) is 3. The van der Waals surface area contributed by atoms with Gasteiger partial charge in [0.2, 0.25) is 35.4 Å². The number of hydrogen-bond acceptors (Lipinski definition) is 14. The molecule has 2 aromatic carbocycles. The molecule has 9 N–H and O–H groups in total. The van der Waals surface area contributed by atoms with Crippen molar-refractivity contribution in [1.29, 1.82) is 0 Å². The predicted molar refractivity (Wildman–Crippen MR) is 281 cm³/mol. The number of rotatable bonds is 27. The van der Waals surface area contributed by atoms with Crippen LogP contribution < -0.4 is 33.2 Å². The van der Waals surface area contributed by atoms with Gasteiger partial charge in [-0.15, -0.1) is 0 Å². The van der Waals surface area contributed by atoms with E-state index in [9.17, 15) is 38.4 Å². The minimum Gasteiger partial charge on any atom is -0.467 e. The summed E-state index contributed by atoms with van der Waals surface area (Å²) in [6.45, 7) is 11.5. The lowest BCUT2D eigenvalue weighted by molar-refractivity contribution is -0.149. The number of nitrogens with zero attached hydrogens (tertiary/aromatic N) is 3. The number of methoxy groups -OCH3 is 3. The molecule has 11 atom stereocenters. The number of esters is 1. The highest BCUT2D eigenvalue weighted by Gasteiger charge is 2.49. The molecule has 21 heteroatoms. The van der Waals surface area contributed by atoms with Crippen LogP contribution >= 0.6 is 0 Å². The molecule has 7 amide bonds. The van der Waals surface area contributed by atoms with Gasteiger partial charge in [0, 0.05) is 46.5 Å². The van der Waals surface area contributed by atoms with Crippen molar-refractivity contribution in [2.75, 3.05) is 46.8 Å². The number of hydrogen-bond donors (Lipinski definition) is 6. The number of likely N-dealkylation sites (tertiary alicyclic amines) is 2. The molecule has 0 aromatic heterocycles. The Morgan fingerprint density at radius 1 is 0.827 bits per heavy atom. The van der Waals surface area contributed by atoms with Gasteiger partial charge in [-0.3, -0.25) is 33.7 Å². The largest absolute Gasteiger partial charge is 0.467 e. The highest BCUT2D eigenvalue weighted by atomic mass is 16.6. The van der Waals surface area contributed by atoms with E-state index in [1.165, 1.54) is 26.2 Å². The second kappa shape index (κ2) is 28.7. The first-order chi connectivity index (χ1) is 35.5. The van der Waals surface area contributed by atoms with Crippen LogP contribution in [0.3, 0.4) is 0 Å². The molecule has 2 heterocycles. The Bertz CT molecular complexity index is 2250. The maximum absolute atomic E-state index is 14.7. The minimum atomic E-state index is -1.34. The van der Waals surface area contributed by atoms with Crippen molar-refractivity contribution in [2.45, 2.75) is 160 Å². The summed E-state index contributed by atoms with van der Waals surface area (Å²) < 4.78 is 22.7. The summed E-state index contributed by atoms with van der Waals surface area (Å²) in [4.78, 5) is 112. The Labute approximate surface area is 441 Å². The summed E-state index contributed by atoms with van der Waals surface area (Å²) in [7, 11) is 5.92. The number of carbonyl (C=O) groups is 8. The second-order valence-electron chi connectivity index (χ2n) is 20.5. The molecule has 4 rings (SSSR count). The van der Waals surface area contributed by atoms with E-state index in [0.717, 1.165) is 5.56 Å². The van der Waals surface area contributed by atoms with Crippen molar-refractivity contribution in [1.82, 2.24) is 25.3 Å². The van der Waals surface area contributed by atoms with E-state index in [4.69, 9.17) is 36.1 Å². The third-order valence-corrected chi connectivity index (χ3v) is 15.0. The first-order valence-corrected chi connectivity index (χ1v) is 26.0. The van der Waals surface area contributed by atoms with Crippen LogP contribution in [0.25, 0.3) is 0 Å². The van der Waals surface area contributed by atoms with Gasteiger partial charge in [0.15, 0.2) is 0 Å². The van der Waals surface area contributed by atoms with Crippen molar-refractivity contribution < 1.29 is 57.3 Å². The molecule has 416 valence electrons. The maximum atomic E-state index is 14.7. The van der Waals surface area contributed by atoms with Crippen LogP contribution in [0.1, 0.15) is 104 Å². The number of likely N-dealkylation sites (N-methyl/N-ethyl adjacent to an activating group) is 1. The molecule has 0 bridgehead atoms. The van der Waals surface area contributed by atoms with E-state index in [0.29, 0.717) is 49.9 Å². The van der Waals surface area contributed by atoms with Gasteiger partial charge in [-0.05, 0) is 80.5 Å². The number of anilines is 1. The zero-order valence-corrected chi connectivity index (χ0v) is 45.5. The lowest BCUT2D eigenvalue weighted by atomic mass is 9.89. The molecule has 75 heavy (non-hydrogen) atoms. The Morgan fingerprint density at radius 2 is 1.48 bits per heavy atom. The maximum Gasteiger partial charge on any atom is 0.410 e. The molecule has 0 spiro atoms. The van der Waals surface area contributed by atoms with E-state index in [2.05, 4.69) is 16.0 Å². The van der Waals surface area contributed by atoms with Crippen molar-refractivity contribution in [3.63, 3.8) is 0 Å². The third kappa shape index (κ3) is 16.2. The van der Waals surface area contributed by atoms with Gasteiger partial charge < -0.3 is 61.9 Å². The Kier molecular flexibility index (Phi) is 23.5. The fourth-order valence-electron chi connectivity index (χ4n) is 10.1. The normalized spacial score (nSPS) is 20.1. The zero-order chi connectivity index (χ0) is 55.7. The highest BCUT2D eigenvalue weighted by Crippen LogP contribution is 2.33. The average Bonchev–Trinajstić information content (AvgIpc) is 4.06. The van der Waals surface area contributed by atoms with E-state index in [1.54, 1.807) is 55.0 Å². The summed E-state index contributed by atoms with van der Waals surface area (Å²) in [5, 5.41) is 8.53. The molecule has 2 aliphatic heterocycles. The monoisotopic (exact) mass is 1050 g/mol. The third-order valence-electron chi connectivity index (χ3n) is 15.0. The van der Waals surface area contributed by atoms with Gasteiger partial charge in [-0.1, -0.05) is 83.5 Å². The standard InChI is InChI=1S/C54H83N9O12/c1-11-33(4)45(42(72-8)30-43(64)62-27-15-19-41(62)46(73-9)34(5)48(66)59-40(51(69)74-10)29-35-17-13-12-14-18-35)61(7)50(68)44(32(2)3)60-52(70)54(6)26-16-28-63(54)53(71)75-31-36-20-22-37(23-21-36)58-49(67)39(56)25-24-38(55)47(57)65/h12-14,17-18,20-23,32-34,38-42,44-46H,11,15-16,19,24-31,55-56H2,1-10H3,(H2,57,65)(H,58,67)(H,59,66)(H,60,70)/t33?,34?,38?,39?,40?,41-,42?,44?,45?,46?,54-/m0/s1. The van der Waals surface area contributed by atoms with Crippen molar-refractivity contribution in [3.05, 3.63) is 65.7 Å². The van der Waals surface area contributed by atoms with Gasteiger partial charge >= 0.3 is 12.1 Å². The average molecular weight is 1050 g/mol. The van der Waals surface area contributed by atoms with Crippen LogP contribution in [-0.2, 0) is 65.5 Å². The van der Waals surface area contributed by atoms with Crippen LogP contribution in [-0.4, -0.2) is 158 Å². The molecule has 2 aromatic rings. The first kappa shape index (κ1) is 61.4. The molecule has 2 saturated heterocycles. The lowest BCUT2D eigenvalue weighted by Gasteiger charge is -2.41. The Hall–Kier alpha value is -6.16. The molecule has 0 saturated carbocycles. The first-order valence-electron chi connectivity index (χ1n) is 26.0. The topological polar surface area (TPSA) is 297 Å². The quantitative estimate of drug-likeness (QED) is 0.0702. The smallest absolute Gasteiger partial charge is 0.410 e. The number of benzene rings is 2. The Morgan fingerprint density at radius 3 is 2.07 bits per heavy atom. The summed E-state index contributed by atoms with van der Waals surface area (Å²) in [6, 6.07) is 11.0. The number of primary amides is 1. The number of carbonyl (C=O) groups excluding carboxylic acids is 8. The number of amides is 7. The molecule has 2 fully saturated rings. The van der Waals surface area contributed by atoms with Crippen molar-refractivity contribution in [3.8, 4) is 0 Å². The molecule has 0 aliphatic carbocycles. The van der Waals surface area contributed by atoms with Gasteiger partial charge in [-0.25, -0.2) is 9.59 Å². The number of ether oxygens (including phenoxy) is 4. The SMILES string of the molecule is CCC(C)C(C(CC(=O)N1CCC[C@H]1C(OC)C(C)C(=O)NC(Cc1ccccc1)C(=O)OC)OC)N(C)C(=O)C(NC(=O)[C@]1(C)CCCN1C(=O)OCc1ccc(NC(=O)C(N)CCC(N)C(N)=O)cc1)C(C)C. The van der Waals surface area contributed by atoms with Crippen molar-refractivity contribution >= 4 is 53.2 Å². The van der Waals surface area contributed by atoms with Gasteiger partial charge in [0.25, 0.3) is 0 Å². The van der Waals surface area contributed by atoms with Crippen LogP contribution in [0.2, 0.25) is 0 Å². The molecular weight excluding hydrogens is 967 g/mol. The van der Waals surface area contributed by atoms with Gasteiger partial charge in [0.1, 0.15) is 24.2 Å². The van der Waals surface area contributed by atoms with Crippen LogP contribution in [0.5, 0.6) is 0 Å². The summed E-state index contributed by atoms with van der Waals surface area (Å²) >= 11 is 0. The molecule has 21 nitrogen and oxygen atoms in total. The number of nitrogens with one attached hydrogen (secondary N) is 3. The Balaban J connectivity index is 1.41. The van der Waals surface area contributed by atoms with E-state index >= 15 is 0 Å². The fourth-order valence-corrected chi connectivity index (χ4v) is 10.1.